The van der Waals surface area contributed by atoms with Crippen LogP contribution in [0.4, 0.5) is 26.3 Å². The van der Waals surface area contributed by atoms with Crippen molar-refractivity contribution in [2.45, 2.75) is 57.3 Å². The van der Waals surface area contributed by atoms with Crippen molar-refractivity contribution in [2.75, 3.05) is 13.2 Å². The molecule has 0 saturated carbocycles. The smallest absolute Gasteiger partial charge is 0.305 e. The van der Waals surface area contributed by atoms with Crippen LogP contribution in [0.2, 0.25) is 0 Å². The van der Waals surface area contributed by atoms with Crippen molar-refractivity contribution in [3.05, 3.63) is 64.7 Å². The molecule has 224 valence electrons. The Balaban J connectivity index is 1.85. The first-order valence-electron chi connectivity index (χ1n) is 12.6. The van der Waals surface area contributed by atoms with Crippen LogP contribution in [0.5, 0.6) is 5.75 Å². The van der Waals surface area contributed by atoms with Gasteiger partial charge < -0.3 is 19.9 Å². The minimum absolute atomic E-state index is 0.0676. The molecule has 41 heavy (non-hydrogen) atoms. The number of carbonyl (C=O) groups is 3. The van der Waals surface area contributed by atoms with Gasteiger partial charge in [-0.25, -0.2) is 17.6 Å². The van der Waals surface area contributed by atoms with E-state index in [4.69, 9.17) is 4.74 Å². The van der Waals surface area contributed by atoms with E-state index in [1.54, 1.807) is 13.8 Å². The lowest BCUT2D eigenvalue weighted by Gasteiger charge is -2.42. The lowest BCUT2D eigenvalue weighted by molar-refractivity contribution is -0.144. The summed E-state index contributed by atoms with van der Waals surface area (Å²) in [6.07, 6.45) is 0.154. The number of aliphatic carboxylic acids is 1. The van der Waals surface area contributed by atoms with Crippen LogP contribution in [-0.4, -0.2) is 48.1 Å². The van der Waals surface area contributed by atoms with Crippen LogP contribution in [0, 0.1) is 40.8 Å². The number of amides is 1. The quantitative estimate of drug-likeness (QED) is 0.252. The van der Waals surface area contributed by atoms with Crippen LogP contribution in [-0.2, 0) is 24.8 Å². The first-order chi connectivity index (χ1) is 19.3. The standard InChI is InChI=1S/C27H28F6N2O6/c1-13(2)24(35-27(8-3-4-9-41-27)21-14(28)6-5-7-15(21)29)26(39)34-18(11-20(37)38)19(36)12-40-25-22(32)16(30)10-17(31)23(25)33/h5-7,10,13,18,24,35H,3-4,8-9,11-12H2,1-2H3,(H,34,39)(H,37,38)/t18-,24-,27?/m0/s1. The number of nitrogens with one attached hydrogen (secondary N) is 2. The van der Waals surface area contributed by atoms with Crippen LogP contribution in [0.25, 0.3) is 0 Å². The maximum atomic E-state index is 14.8. The molecule has 0 aliphatic carbocycles. The van der Waals surface area contributed by atoms with Crippen LogP contribution in [0.15, 0.2) is 24.3 Å². The van der Waals surface area contributed by atoms with Crippen LogP contribution < -0.4 is 15.4 Å². The van der Waals surface area contributed by atoms with Crippen molar-refractivity contribution < 1.29 is 55.3 Å². The number of hydrogen-bond donors (Lipinski definition) is 3. The number of halogens is 6. The fraction of sp³-hybridized carbons (Fsp3) is 0.444. The number of carbonyl (C=O) groups excluding carboxylic acids is 2. The van der Waals surface area contributed by atoms with E-state index in [2.05, 4.69) is 15.4 Å². The summed E-state index contributed by atoms with van der Waals surface area (Å²) in [5, 5.41) is 14.3. The third-order valence-electron chi connectivity index (χ3n) is 6.49. The lowest BCUT2D eigenvalue weighted by Crippen LogP contribution is -2.60. The van der Waals surface area contributed by atoms with E-state index in [1.807, 2.05) is 0 Å². The second kappa shape index (κ2) is 13.3. The molecule has 3 atom stereocenters. The molecule has 0 spiro atoms. The van der Waals surface area contributed by atoms with E-state index in [0.29, 0.717) is 12.8 Å². The maximum absolute atomic E-state index is 14.8. The van der Waals surface area contributed by atoms with Gasteiger partial charge in [-0.1, -0.05) is 19.9 Å². The van der Waals surface area contributed by atoms with Gasteiger partial charge >= 0.3 is 5.97 Å². The highest BCUT2D eigenvalue weighted by molar-refractivity contribution is 5.94. The molecule has 0 radical (unpaired) electrons. The zero-order chi connectivity index (χ0) is 30.5. The Morgan fingerprint density at radius 3 is 2.12 bits per heavy atom. The Hall–Kier alpha value is -3.65. The largest absolute Gasteiger partial charge is 0.481 e. The van der Waals surface area contributed by atoms with E-state index in [9.17, 15) is 45.8 Å². The maximum Gasteiger partial charge on any atom is 0.305 e. The minimum Gasteiger partial charge on any atom is -0.481 e. The zero-order valence-corrected chi connectivity index (χ0v) is 22.0. The van der Waals surface area contributed by atoms with Gasteiger partial charge in [-0.15, -0.1) is 0 Å². The summed E-state index contributed by atoms with van der Waals surface area (Å²) in [6, 6.07) is 0.0498. The molecule has 1 amide bonds. The summed E-state index contributed by atoms with van der Waals surface area (Å²) in [4.78, 5) is 37.5. The summed E-state index contributed by atoms with van der Waals surface area (Å²) in [5.74, 6) is -15.1. The third-order valence-corrected chi connectivity index (χ3v) is 6.49. The Morgan fingerprint density at radius 2 is 1.61 bits per heavy atom. The summed E-state index contributed by atoms with van der Waals surface area (Å²) < 4.78 is 94.8. The minimum atomic E-state index is -1.92. The van der Waals surface area contributed by atoms with Crippen molar-refractivity contribution in [2.24, 2.45) is 5.92 Å². The monoisotopic (exact) mass is 590 g/mol. The second-order valence-electron chi connectivity index (χ2n) is 9.81. The first-order valence-corrected chi connectivity index (χ1v) is 12.6. The van der Waals surface area contributed by atoms with Crippen molar-refractivity contribution in [1.29, 1.82) is 0 Å². The Labute approximate surface area is 231 Å². The molecule has 2 aromatic rings. The van der Waals surface area contributed by atoms with E-state index in [0.717, 1.165) is 18.2 Å². The number of hydrogen-bond acceptors (Lipinski definition) is 6. The molecule has 3 N–H and O–H groups in total. The molecule has 1 heterocycles. The molecule has 3 rings (SSSR count). The van der Waals surface area contributed by atoms with Gasteiger partial charge in [0.15, 0.2) is 28.9 Å². The first kappa shape index (κ1) is 31.9. The summed E-state index contributed by atoms with van der Waals surface area (Å²) in [7, 11) is 0. The molecular formula is C27H28F6N2O6. The zero-order valence-electron chi connectivity index (χ0n) is 22.0. The van der Waals surface area contributed by atoms with E-state index >= 15 is 0 Å². The van der Waals surface area contributed by atoms with Crippen LogP contribution in [0.3, 0.4) is 0 Å². The Kier molecular flexibility index (Phi) is 10.4. The molecule has 1 aliphatic rings. The summed E-state index contributed by atoms with van der Waals surface area (Å²) in [5.41, 5.74) is -2.22. The Morgan fingerprint density at radius 1 is 1.00 bits per heavy atom. The van der Waals surface area contributed by atoms with Gasteiger partial charge in [0.25, 0.3) is 0 Å². The van der Waals surface area contributed by atoms with E-state index in [1.165, 1.54) is 0 Å². The van der Waals surface area contributed by atoms with E-state index in [-0.39, 0.29) is 19.1 Å². The van der Waals surface area contributed by atoms with Gasteiger partial charge in [0, 0.05) is 12.7 Å². The fourth-order valence-electron chi connectivity index (χ4n) is 4.45. The molecular weight excluding hydrogens is 562 g/mol. The molecule has 0 bridgehead atoms. The second-order valence-corrected chi connectivity index (χ2v) is 9.81. The number of carboxylic acid groups (broad SMARTS) is 1. The van der Waals surface area contributed by atoms with Gasteiger partial charge in [0.1, 0.15) is 24.3 Å². The average molecular weight is 591 g/mol. The fourth-order valence-corrected chi connectivity index (χ4v) is 4.45. The molecule has 8 nitrogen and oxygen atoms in total. The molecule has 0 aromatic heterocycles. The van der Waals surface area contributed by atoms with E-state index < -0.39 is 101 Å². The van der Waals surface area contributed by atoms with Crippen molar-refractivity contribution in [3.63, 3.8) is 0 Å². The number of Topliss-reactive ketones (excluding diaryl/α,β-unsaturated/α-hetero) is 1. The molecule has 14 heteroatoms. The number of ketones is 1. The number of benzene rings is 2. The molecule has 1 saturated heterocycles. The third kappa shape index (κ3) is 7.36. The predicted octanol–water partition coefficient (Wildman–Crippen LogP) is 4.10. The SMILES string of the molecule is CC(C)[C@H](NC1(c2c(F)cccc2F)CCCCO1)C(=O)N[C@@H](CC(=O)O)C(=O)COc1c(F)c(F)cc(F)c1F. The molecule has 1 fully saturated rings. The highest BCUT2D eigenvalue weighted by Gasteiger charge is 2.44. The van der Waals surface area contributed by atoms with Gasteiger partial charge in [-0.3, -0.25) is 19.7 Å². The van der Waals surface area contributed by atoms with Gasteiger partial charge in [-0.05, 0) is 37.3 Å². The highest BCUT2D eigenvalue weighted by atomic mass is 19.2. The number of ether oxygens (including phenoxy) is 2. The average Bonchev–Trinajstić information content (AvgIpc) is 2.90. The van der Waals surface area contributed by atoms with Crippen molar-refractivity contribution in [3.8, 4) is 5.75 Å². The highest BCUT2D eigenvalue weighted by Crippen LogP contribution is 2.37. The van der Waals surface area contributed by atoms with Gasteiger partial charge in [-0.2, -0.15) is 8.78 Å². The summed E-state index contributed by atoms with van der Waals surface area (Å²) in [6.45, 7) is 2.00. The molecule has 1 aliphatic heterocycles. The van der Waals surface area contributed by atoms with Gasteiger partial charge in [0.05, 0.1) is 18.0 Å². The van der Waals surface area contributed by atoms with Crippen LogP contribution in [0.1, 0.15) is 45.1 Å². The van der Waals surface area contributed by atoms with Gasteiger partial charge in [0.2, 0.25) is 17.5 Å². The van der Waals surface area contributed by atoms with Crippen molar-refractivity contribution in [1.82, 2.24) is 10.6 Å². The summed E-state index contributed by atoms with van der Waals surface area (Å²) >= 11 is 0. The van der Waals surface area contributed by atoms with Crippen LogP contribution >= 0.6 is 0 Å². The predicted molar refractivity (Wildman–Crippen MR) is 131 cm³/mol. The molecule has 2 aromatic carbocycles. The number of rotatable bonds is 12. The normalized spacial score (nSPS) is 18.6. The van der Waals surface area contributed by atoms with Crippen molar-refractivity contribution >= 4 is 17.7 Å². The lowest BCUT2D eigenvalue weighted by atomic mass is 9.90. The Bertz CT molecular complexity index is 1260. The number of carboxylic acids is 1. The molecule has 1 unspecified atom stereocenters. The topological polar surface area (TPSA) is 114 Å².